The second-order valence-electron chi connectivity index (χ2n) is 9.40. The van der Waals surface area contributed by atoms with E-state index in [1.54, 1.807) is 71.6 Å². The Morgan fingerprint density at radius 1 is 0.930 bits per heavy atom. The quantitative estimate of drug-likeness (QED) is 0.136. The Morgan fingerprint density at radius 2 is 1.58 bits per heavy atom. The molecule has 0 amide bonds. The number of carboxylic acid groups (broad SMARTS) is 1. The maximum atomic E-state index is 14.3. The smallest absolute Gasteiger partial charge is 0.399 e. The number of alkyl halides is 2. The third-order valence-electron chi connectivity index (χ3n) is 6.56. The van der Waals surface area contributed by atoms with Gasteiger partial charge in [-0.25, -0.2) is 9.78 Å². The molecule has 0 aliphatic carbocycles. The predicted molar refractivity (Wildman–Crippen MR) is 159 cm³/mol. The molecule has 220 valence electrons. The van der Waals surface area contributed by atoms with Crippen molar-refractivity contribution < 1.29 is 37.5 Å². The van der Waals surface area contributed by atoms with Gasteiger partial charge >= 0.3 is 25.2 Å². The lowest BCUT2D eigenvalue weighted by atomic mass is 9.98. The van der Waals surface area contributed by atoms with Gasteiger partial charge in [0.15, 0.2) is 5.76 Å². The van der Waals surface area contributed by atoms with E-state index in [-0.39, 0.29) is 18.1 Å². The fourth-order valence-corrected chi connectivity index (χ4v) is 5.41. The van der Waals surface area contributed by atoms with Crippen molar-refractivity contribution in [1.29, 1.82) is 0 Å². The second-order valence-corrected chi connectivity index (χ2v) is 11.9. The second kappa shape index (κ2) is 11.9. The molecule has 0 aliphatic rings. The lowest BCUT2D eigenvalue weighted by Crippen LogP contribution is -2.18. The summed E-state index contributed by atoms with van der Waals surface area (Å²) in [5, 5.41) is 9.48. The molecule has 0 aliphatic heterocycles. The van der Waals surface area contributed by atoms with E-state index in [2.05, 4.69) is 4.98 Å². The first-order valence-electron chi connectivity index (χ1n) is 12.5. The van der Waals surface area contributed by atoms with Gasteiger partial charge in [0.25, 0.3) is 0 Å². The molecule has 0 saturated carbocycles. The van der Waals surface area contributed by atoms with Crippen molar-refractivity contribution in [3.05, 3.63) is 124 Å². The van der Waals surface area contributed by atoms with Crippen LogP contribution < -0.4 is 4.90 Å². The molecule has 0 bridgehead atoms. The van der Waals surface area contributed by atoms with Crippen LogP contribution in [-0.4, -0.2) is 25.8 Å². The number of aromatic nitrogens is 1. The van der Waals surface area contributed by atoms with Crippen LogP contribution in [0.15, 0.2) is 102 Å². The predicted octanol–water partition coefficient (Wildman–Crippen LogP) is 8.58. The molecule has 0 unspecified atom stereocenters. The third-order valence-corrected chi connectivity index (χ3v) is 8.10. The first kappa shape index (κ1) is 30.4. The molecule has 0 fully saturated rings. The summed E-state index contributed by atoms with van der Waals surface area (Å²) in [6.45, 7) is 0.0357. The van der Waals surface area contributed by atoms with Crippen molar-refractivity contribution in [3.8, 4) is 22.5 Å². The highest BCUT2D eigenvalue weighted by molar-refractivity contribution is 7.52. The number of oxazole rings is 1. The van der Waals surface area contributed by atoms with Gasteiger partial charge in [0, 0.05) is 16.3 Å². The van der Waals surface area contributed by atoms with E-state index in [1.165, 1.54) is 24.4 Å². The SMILES string of the molecule is O=C(O)c1ccccc1-c1ccc(-c2cnc(N(Cc3ccc(C(F)(F)P(=O)(O)O)c(Cl)c3)c3ccc(Cl)cc3)o2)cc1. The summed E-state index contributed by atoms with van der Waals surface area (Å²) in [7, 11) is -5.81. The average Bonchev–Trinajstić information content (AvgIpc) is 3.46. The Bertz CT molecular complexity index is 1840. The lowest BCUT2D eigenvalue weighted by molar-refractivity contribution is 0.0565. The van der Waals surface area contributed by atoms with Crippen molar-refractivity contribution in [2.75, 3.05) is 4.90 Å². The van der Waals surface area contributed by atoms with Crippen LogP contribution in [0, 0.1) is 0 Å². The standard InChI is InChI=1S/C30H21Cl2F2N2O6P/c31-21-10-12-22(13-11-21)36(17-18-5-14-25(26(32)15-18)30(33,34)43(39,40)41)29-35-16-27(42-29)20-8-6-19(7-9-20)23-3-1-2-4-24(23)28(37)38/h1-16H,17H2,(H,37,38)(H2,39,40,41). The van der Waals surface area contributed by atoms with E-state index in [0.29, 0.717) is 38.7 Å². The maximum absolute atomic E-state index is 14.3. The van der Waals surface area contributed by atoms with Crippen LogP contribution in [0.5, 0.6) is 0 Å². The van der Waals surface area contributed by atoms with Gasteiger partial charge < -0.3 is 19.3 Å². The van der Waals surface area contributed by atoms with E-state index >= 15 is 0 Å². The van der Waals surface area contributed by atoms with E-state index in [4.69, 9.17) is 37.4 Å². The minimum absolute atomic E-state index is 0.0357. The lowest BCUT2D eigenvalue weighted by Gasteiger charge is -2.23. The molecule has 1 aromatic heterocycles. The first-order valence-corrected chi connectivity index (χ1v) is 14.9. The Labute approximate surface area is 253 Å². The van der Waals surface area contributed by atoms with Crippen molar-refractivity contribution in [3.63, 3.8) is 0 Å². The van der Waals surface area contributed by atoms with Gasteiger partial charge in [0.1, 0.15) is 0 Å². The molecule has 5 rings (SSSR count). The van der Waals surface area contributed by atoms with Crippen LogP contribution in [0.2, 0.25) is 10.0 Å². The monoisotopic (exact) mass is 644 g/mol. The van der Waals surface area contributed by atoms with E-state index in [1.807, 2.05) is 0 Å². The summed E-state index contributed by atoms with van der Waals surface area (Å²) >= 11 is 12.1. The molecule has 0 atom stereocenters. The average molecular weight is 645 g/mol. The molecule has 0 radical (unpaired) electrons. The molecule has 0 saturated heterocycles. The Morgan fingerprint density at radius 3 is 2.21 bits per heavy atom. The largest absolute Gasteiger partial charge is 0.478 e. The number of hydrogen-bond donors (Lipinski definition) is 3. The van der Waals surface area contributed by atoms with E-state index < -0.39 is 29.8 Å². The fraction of sp³-hybridized carbons (Fsp3) is 0.0667. The van der Waals surface area contributed by atoms with E-state index in [9.17, 15) is 23.2 Å². The zero-order valence-electron chi connectivity index (χ0n) is 21.9. The molecule has 8 nitrogen and oxygen atoms in total. The van der Waals surface area contributed by atoms with Gasteiger partial charge in [-0.1, -0.05) is 77.8 Å². The van der Waals surface area contributed by atoms with Crippen molar-refractivity contribution >= 4 is 48.5 Å². The van der Waals surface area contributed by atoms with Crippen LogP contribution in [0.3, 0.4) is 0 Å². The van der Waals surface area contributed by atoms with Crippen LogP contribution >= 0.6 is 30.8 Å². The minimum Gasteiger partial charge on any atom is -0.478 e. The Hall–Kier alpha value is -4.05. The number of benzene rings is 4. The minimum atomic E-state index is -5.81. The molecule has 0 spiro atoms. The molecule has 1 heterocycles. The summed E-state index contributed by atoms with van der Waals surface area (Å²) < 4.78 is 46.0. The normalized spacial score (nSPS) is 11.9. The zero-order chi connectivity index (χ0) is 30.9. The Balaban J connectivity index is 1.46. The van der Waals surface area contributed by atoms with Crippen LogP contribution in [-0.2, 0) is 16.8 Å². The molecule has 13 heteroatoms. The molecule has 4 aromatic carbocycles. The molecular formula is C30H21Cl2F2N2O6P. The number of halogens is 4. The van der Waals surface area contributed by atoms with E-state index in [0.717, 1.165) is 6.07 Å². The number of aromatic carboxylic acids is 1. The molecule has 43 heavy (non-hydrogen) atoms. The van der Waals surface area contributed by atoms with Crippen molar-refractivity contribution in [1.82, 2.24) is 4.98 Å². The highest BCUT2D eigenvalue weighted by Crippen LogP contribution is 2.60. The van der Waals surface area contributed by atoms with Crippen molar-refractivity contribution in [2.24, 2.45) is 0 Å². The number of hydrogen-bond acceptors (Lipinski definition) is 5. The van der Waals surface area contributed by atoms with Gasteiger partial charge in [0.2, 0.25) is 0 Å². The Kier molecular flexibility index (Phi) is 8.42. The maximum Gasteiger partial charge on any atom is 0.399 e. The summed E-state index contributed by atoms with van der Waals surface area (Å²) in [6.07, 6.45) is 1.51. The highest BCUT2D eigenvalue weighted by atomic mass is 35.5. The number of anilines is 2. The number of nitrogens with zero attached hydrogens (tertiary/aromatic N) is 2. The van der Waals surface area contributed by atoms with Gasteiger partial charge in [-0.15, -0.1) is 0 Å². The number of carboxylic acids is 1. The molecule has 3 N–H and O–H groups in total. The zero-order valence-corrected chi connectivity index (χ0v) is 24.3. The first-order chi connectivity index (χ1) is 20.3. The summed E-state index contributed by atoms with van der Waals surface area (Å²) in [5.74, 6) is -0.630. The van der Waals surface area contributed by atoms with Gasteiger partial charge in [0.05, 0.1) is 28.9 Å². The topological polar surface area (TPSA) is 124 Å². The van der Waals surface area contributed by atoms with Crippen molar-refractivity contribution in [2.45, 2.75) is 12.2 Å². The highest BCUT2D eigenvalue weighted by Gasteiger charge is 2.51. The van der Waals surface area contributed by atoms with Crippen LogP contribution in [0.1, 0.15) is 21.5 Å². The van der Waals surface area contributed by atoms with Gasteiger partial charge in [-0.3, -0.25) is 9.46 Å². The summed E-state index contributed by atoms with van der Waals surface area (Å²) in [5.41, 5.74) is -2.32. The molecular weight excluding hydrogens is 624 g/mol. The number of carbonyl (C=O) groups is 1. The van der Waals surface area contributed by atoms with Crippen LogP contribution in [0.4, 0.5) is 20.5 Å². The molecule has 5 aromatic rings. The van der Waals surface area contributed by atoms with Crippen LogP contribution in [0.25, 0.3) is 22.5 Å². The third kappa shape index (κ3) is 6.34. The van der Waals surface area contributed by atoms with Gasteiger partial charge in [-0.2, -0.15) is 8.78 Å². The summed E-state index contributed by atoms with van der Waals surface area (Å²) in [6, 6.07) is 24.0. The van der Waals surface area contributed by atoms with Gasteiger partial charge in [-0.05, 0) is 53.1 Å². The summed E-state index contributed by atoms with van der Waals surface area (Å²) in [4.78, 5) is 35.9. The number of rotatable bonds is 9. The fourth-order valence-electron chi connectivity index (χ4n) is 4.39.